The lowest BCUT2D eigenvalue weighted by atomic mass is 9.48. The van der Waals surface area contributed by atoms with Gasteiger partial charge in [0, 0.05) is 10.7 Å². The van der Waals surface area contributed by atoms with Crippen LogP contribution in [0.5, 0.6) is 0 Å². The Morgan fingerprint density at radius 2 is 1.87 bits per heavy atom. The van der Waals surface area contributed by atoms with Crippen molar-refractivity contribution in [1.29, 1.82) is 0 Å². The number of hydrogen-bond acceptors (Lipinski definition) is 1. The van der Waals surface area contributed by atoms with Gasteiger partial charge in [0.15, 0.2) is 0 Å². The average Bonchev–Trinajstić information content (AvgIpc) is 2.44. The molecule has 4 aliphatic rings. The van der Waals surface area contributed by atoms with Gasteiger partial charge < -0.3 is 5.32 Å². The molecule has 1 amide bonds. The number of carbonyl (C=O) groups is 1. The monoisotopic (exact) mass is 375 g/mol. The third-order valence-corrected chi connectivity index (χ3v) is 7.25. The molecule has 0 aromatic heterocycles. The van der Waals surface area contributed by atoms with Crippen molar-refractivity contribution in [3.05, 3.63) is 35.9 Å². The first-order chi connectivity index (χ1) is 11.0. The SMILES string of the molecule is C[C@H](NC(=O)CC12C[C@@H]3C[C@@H](CC(Br)(C3)C1)C2)c1ccccc1. The summed E-state index contributed by atoms with van der Waals surface area (Å²) in [4.78, 5) is 12.7. The van der Waals surface area contributed by atoms with Gasteiger partial charge in [0.1, 0.15) is 0 Å². The van der Waals surface area contributed by atoms with Crippen molar-refractivity contribution < 1.29 is 4.79 Å². The molecule has 4 saturated carbocycles. The van der Waals surface area contributed by atoms with Gasteiger partial charge in [-0.3, -0.25) is 4.79 Å². The Balaban J connectivity index is 1.43. The zero-order chi connectivity index (χ0) is 16.1. The first kappa shape index (κ1) is 15.7. The summed E-state index contributed by atoms with van der Waals surface area (Å²) in [6, 6.07) is 10.3. The summed E-state index contributed by atoms with van der Waals surface area (Å²) >= 11 is 4.04. The van der Waals surface area contributed by atoms with Crippen LogP contribution in [0, 0.1) is 17.3 Å². The van der Waals surface area contributed by atoms with E-state index in [2.05, 4.69) is 40.3 Å². The van der Waals surface area contributed by atoms with Crippen LogP contribution in [-0.4, -0.2) is 10.2 Å². The molecule has 1 aromatic rings. The fraction of sp³-hybridized carbons (Fsp3) is 0.650. The standard InChI is InChI=1S/C20H26BrNO/c1-14(17-5-3-2-4-6-17)22-18(23)12-19-8-15-7-16(9-19)11-20(21,10-15)13-19/h2-6,14-16H,7-13H2,1H3,(H,22,23)/t14-,15-,16+,19?,20?/m0/s1. The molecule has 4 bridgehead atoms. The zero-order valence-electron chi connectivity index (χ0n) is 13.9. The van der Waals surface area contributed by atoms with E-state index in [0.29, 0.717) is 10.7 Å². The van der Waals surface area contributed by atoms with Crippen LogP contribution in [0.25, 0.3) is 0 Å². The van der Waals surface area contributed by atoms with Crippen molar-refractivity contribution in [3.8, 4) is 0 Å². The minimum atomic E-state index is 0.0931. The fourth-order valence-electron chi connectivity index (χ4n) is 6.00. The Morgan fingerprint density at radius 1 is 1.22 bits per heavy atom. The van der Waals surface area contributed by atoms with Gasteiger partial charge in [-0.05, 0) is 68.3 Å². The third kappa shape index (κ3) is 3.09. The lowest BCUT2D eigenvalue weighted by Gasteiger charge is -2.60. The van der Waals surface area contributed by atoms with Crippen LogP contribution in [0.15, 0.2) is 30.3 Å². The molecule has 0 saturated heterocycles. The van der Waals surface area contributed by atoms with Gasteiger partial charge in [0.05, 0.1) is 6.04 Å². The summed E-state index contributed by atoms with van der Waals surface area (Å²) in [5.41, 5.74) is 1.44. The van der Waals surface area contributed by atoms with Gasteiger partial charge in [0.2, 0.25) is 5.91 Å². The maximum Gasteiger partial charge on any atom is 0.221 e. The molecule has 2 unspecified atom stereocenters. The summed E-state index contributed by atoms with van der Waals surface area (Å²) in [7, 11) is 0. The van der Waals surface area contributed by atoms with Crippen molar-refractivity contribution in [2.75, 3.05) is 0 Å². The molecule has 1 aromatic carbocycles. The molecule has 5 atom stereocenters. The largest absolute Gasteiger partial charge is 0.350 e. The summed E-state index contributed by atoms with van der Waals surface area (Å²) in [6.45, 7) is 2.08. The molecular formula is C20H26BrNO. The van der Waals surface area contributed by atoms with E-state index < -0.39 is 0 Å². The Bertz CT molecular complexity index is 585. The van der Waals surface area contributed by atoms with Crippen LogP contribution in [0.2, 0.25) is 0 Å². The molecule has 0 heterocycles. The summed E-state index contributed by atoms with van der Waals surface area (Å²) < 4.78 is 0.336. The second kappa shape index (κ2) is 5.61. The van der Waals surface area contributed by atoms with Crippen molar-refractivity contribution in [2.24, 2.45) is 17.3 Å². The third-order valence-electron chi connectivity index (χ3n) is 6.32. The van der Waals surface area contributed by atoms with Gasteiger partial charge in [-0.1, -0.05) is 46.3 Å². The Kier molecular flexibility index (Phi) is 3.83. The van der Waals surface area contributed by atoms with Crippen LogP contribution in [0.4, 0.5) is 0 Å². The summed E-state index contributed by atoms with van der Waals surface area (Å²) in [5, 5.41) is 3.23. The van der Waals surface area contributed by atoms with Gasteiger partial charge in [-0.25, -0.2) is 0 Å². The summed E-state index contributed by atoms with van der Waals surface area (Å²) in [6.07, 6.45) is 8.50. The molecule has 0 radical (unpaired) electrons. The summed E-state index contributed by atoms with van der Waals surface area (Å²) in [5.74, 6) is 1.92. The highest BCUT2D eigenvalue weighted by molar-refractivity contribution is 9.10. The number of alkyl halides is 1. The van der Waals surface area contributed by atoms with Crippen LogP contribution >= 0.6 is 15.9 Å². The zero-order valence-corrected chi connectivity index (χ0v) is 15.4. The van der Waals surface area contributed by atoms with E-state index in [0.717, 1.165) is 11.8 Å². The van der Waals surface area contributed by atoms with Gasteiger partial charge in [-0.15, -0.1) is 0 Å². The van der Waals surface area contributed by atoms with Crippen molar-refractivity contribution in [3.63, 3.8) is 0 Å². The fourth-order valence-corrected chi connectivity index (χ4v) is 7.51. The van der Waals surface area contributed by atoms with E-state index in [1.165, 1.54) is 44.1 Å². The normalized spacial score (nSPS) is 39.2. The van der Waals surface area contributed by atoms with Crippen LogP contribution < -0.4 is 5.32 Å². The Hall–Kier alpha value is -0.830. The van der Waals surface area contributed by atoms with Crippen molar-refractivity contribution >= 4 is 21.8 Å². The van der Waals surface area contributed by atoms with Gasteiger partial charge >= 0.3 is 0 Å². The number of amides is 1. The molecule has 3 heteroatoms. The molecule has 4 aliphatic carbocycles. The maximum absolute atomic E-state index is 12.7. The van der Waals surface area contributed by atoms with Crippen LogP contribution in [0.3, 0.4) is 0 Å². The molecular weight excluding hydrogens is 350 g/mol. The predicted molar refractivity (Wildman–Crippen MR) is 96.4 cm³/mol. The average molecular weight is 376 g/mol. The molecule has 0 spiro atoms. The lowest BCUT2D eigenvalue weighted by molar-refractivity contribution is -0.128. The molecule has 0 aliphatic heterocycles. The molecule has 124 valence electrons. The highest BCUT2D eigenvalue weighted by atomic mass is 79.9. The van der Waals surface area contributed by atoms with E-state index in [-0.39, 0.29) is 17.4 Å². The van der Waals surface area contributed by atoms with Gasteiger partial charge in [0.25, 0.3) is 0 Å². The number of benzene rings is 1. The number of rotatable bonds is 4. The Morgan fingerprint density at radius 3 is 2.48 bits per heavy atom. The van der Waals surface area contributed by atoms with Gasteiger partial charge in [-0.2, -0.15) is 0 Å². The first-order valence-electron chi connectivity index (χ1n) is 8.99. The molecule has 5 rings (SSSR count). The van der Waals surface area contributed by atoms with E-state index in [1.54, 1.807) is 0 Å². The smallest absolute Gasteiger partial charge is 0.221 e. The van der Waals surface area contributed by atoms with Crippen molar-refractivity contribution in [2.45, 2.75) is 62.2 Å². The highest BCUT2D eigenvalue weighted by Gasteiger charge is 2.57. The number of nitrogens with one attached hydrogen (secondary N) is 1. The molecule has 2 nitrogen and oxygen atoms in total. The second-order valence-electron chi connectivity index (χ2n) is 8.49. The number of carbonyl (C=O) groups excluding carboxylic acids is 1. The quantitative estimate of drug-likeness (QED) is 0.737. The number of halogens is 1. The van der Waals surface area contributed by atoms with Crippen LogP contribution in [-0.2, 0) is 4.79 Å². The molecule has 23 heavy (non-hydrogen) atoms. The first-order valence-corrected chi connectivity index (χ1v) is 9.78. The Labute approximate surface area is 147 Å². The minimum Gasteiger partial charge on any atom is -0.350 e. The predicted octanol–water partition coefficient (Wildman–Crippen LogP) is 4.99. The molecule has 1 N–H and O–H groups in total. The lowest BCUT2D eigenvalue weighted by Crippen LogP contribution is -2.54. The maximum atomic E-state index is 12.7. The topological polar surface area (TPSA) is 29.1 Å². The van der Waals surface area contributed by atoms with Crippen LogP contribution in [0.1, 0.15) is 63.5 Å². The van der Waals surface area contributed by atoms with E-state index in [9.17, 15) is 4.79 Å². The minimum absolute atomic E-state index is 0.0931. The highest BCUT2D eigenvalue weighted by Crippen LogP contribution is 2.65. The van der Waals surface area contributed by atoms with E-state index in [4.69, 9.17) is 0 Å². The molecule has 4 fully saturated rings. The van der Waals surface area contributed by atoms with E-state index >= 15 is 0 Å². The second-order valence-corrected chi connectivity index (χ2v) is 10.2. The number of hydrogen-bond donors (Lipinski definition) is 1. The van der Waals surface area contributed by atoms with Crippen molar-refractivity contribution in [1.82, 2.24) is 5.32 Å². The van der Waals surface area contributed by atoms with E-state index in [1.807, 2.05) is 18.2 Å².